The molecule has 4 aromatic rings. The Labute approximate surface area is 176 Å². The van der Waals surface area contributed by atoms with Crippen molar-refractivity contribution in [1.29, 1.82) is 0 Å². The summed E-state index contributed by atoms with van der Waals surface area (Å²) in [4.78, 5) is 16.9. The number of nitrogens with one attached hydrogen (secondary N) is 1. The van der Waals surface area contributed by atoms with E-state index in [1.54, 1.807) is 43.2 Å². The van der Waals surface area contributed by atoms with Crippen molar-refractivity contribution in [2.24, 2.45) is 0 Å². The molecule has 30 heavy (non-hydrogen) atoms. The first-order valence-corrected chi connectivity index (χ1v) is 9.72. The fourth-order valence-electron chi connectivity index (χ4n) is 2.83. The number of benzene rings is 2. The molecule has 0 aliphatic heterocycles. The zero-order chi connectivity index (χ0) is 21.1. The number of anilines is 1. The van der Waals surface area contributed by atoms with Crippen LogP contribution < -0.4 is 14.8 Å². The van der Waals surface area contributed by atoms with Gasteiger partial charge in [-0.2, -0.15) is 9.36 Å². The molecule has 1 amide bonds. The predicted molar refractivity (Wildman–Crippen MR) is 112 cm³/mol. The lowest BCUT2D eigenvalue weighted by Crippen LogP contribution is -2.11. The molecule has 0 saturated carbocycles. The van der Waals surface area contributed by atoms with Gasteiger partial charge in [-0.15, -0.1) is 5.10 Å². The van der Waals surface area contributed by atoms with Crippen molar-refractivity contribution in [3.8, 4) is 28.7 Å². The second-order valence-electron chi connectivity index (χ2n) is 6.25. The number of carbonyl (C=O) groups is 1. The summed E-state index contributed by atoms with van der Waals surface area (Å²) >= 11 is 1.08. The Morgan fingerprint density at radius 3 is 2.57 bits per heavy atom. The molecule has 2 heterocycles. The zero-order valence-corrected chi connectivity index (χ0v) is 17.3. The highest BCUT2D eigenvalue weighted by Crippen LogP contribution is 2.25. The van der Waals surface area contributed by atoms with Gasteiger partial charge < -0.3 is 9.47 Å². The lowest BCUT2D eigenvalue weighted by atomic mass is 10.2. The van der Waals surface area contributed by atoms with Gasteiger partial charge in [-0.05, 0) is 37.3 Å². The summed E-state index contributed by atoms with van der Waals surface area (Å²) < 4.78 is 16.4. The smallest absolute Gasteiger partial charge is 0.257 e. The molecule has 0 bridgehead atoms. The molecule has 2 aromatic heterocycles. The molecule has 9 nitrogen and oxygen atoms in total. The fraction of sp³-hybridized carbons (Fsp3) is 0.150. The van der Waals surface area contributed by atoms with Gasteiger partial charge in [0.15, 0.2) is 11.5 Å². The Bertz CT molecular complexity index is 1200. The minimum atomic E-state index is -0.298. The molecule has 0 radical (unpaired) electrons. The summed E-state index contributed by atoms with van der Waals surface area (Å²) in [6.45, 7) is 1.88. The van der Waals surface area contributed by atoms with Crippen molar-refractivity contribution < 1.29 is 14.3 Å². The first-order chi connectivity index (χ1) is 14.6. The number of methoxy groups -OCH3 is 2. The Morgan fingerprint density at radius 1 is 1.07 bits per heavy atom. The molecular weight excluding hydrogens is 404 g/mol. The van der Waals surface area contributed by atoms with Crippen LogP contribution >= 0.6 is 11.5 Å². The molecule has 0 atom stereocenters. The van der Waals surface area contributed by atoms with E-state index in [1.165, 1.54) is 0 Å². The van der Waals surface area contributed by atoms with Crippen LogP contribution in [0.15, 0.2) is 48.5 Å². The SMILES string of the molecule is COc1cccc(C(=O)Nc2nc(-c3nnn(-c4cccc(OC)c4)c3C)ns2)c1. The van der Waals surface area contributed by atoms with Gasteiger partial charge in [0.25, 0.3) is 5.91 Å². The largest absolute Gasteiger partial charge is 0.497 e. The number of ether oxygens (including phenoxy) is 2. The highest BCUT2D eigenvalue weighted by Gasteiger charge is 2.18. The lowest BCUT2D eigenvalue weighted by Gasteiger charge is -2.05. The Hall–Kier alpha value is -3.79. The van der Waals surface area contributed by atoms with Crippen LogP contribution in [-0.2, 0) is 0 Å². The number of hydrogen-bond donors (Lipinski definition) is 1. The second kappa shape index (κ2) is 8.29. The molecule has 0 aliphatic carbocycles. The average Bonchev–Trinajstić information content (AvgIpc) is 3.40. The van der Waals surface area contributed by atoms with E-state index in [9.17, 15) is 4.79 Å². The maximum absolute atomic E-state index is 12.5. The van der Waals surface area contributed by atoms with Gasteiger partial charge in [-0.3, -0.25) is 10.1 Å². The maximum atomic E-state index is 12.5. The molecular formula is C20H18N6O3S. The zero-order valence-electron chi connectivity index (χ0n) is 16.5. The standard InChI is InChI=1S/C20H18N6O3S/c1-12-17(23-25-26(12)14-7-5-9-16(11-14)29-3)18-21-20(30-24-18)22-19(27)13-6-4-8-15(10-13)28-2/h4-11H,1-3H3,(H,21,22,24,27). The summed E-state index contributed by atoms with van der Waals surface area (Å²) in [6.07, 6.45) is 0. The average molecular weight is 422 g/mol. The monoisotopic (exact) mass is 422 g/mol. The molecule has 0 saturated heterocycles. The van der Waals surface area contributed by atoms with Crippen LogP contribution in [0.5, 0.6) is 11.5 Å². The van der Waals surface area contributed by atoms with Crippen LogP contribution in [0, 0.1) is 6.92 Å². The maximum Gasteiger partial charge on any atom is 0.257 e. The molecule has 0 unspecified atom stereocenters. The van der Waals surface area contributed by atoms with Crippen molar-refractivity contribution in [2.45, 2.75) is 6.92 Å². The molecule has 0 fully saturated rings. The van der Waals surface area contributed by atoms with E-state index in [-0.39, 0.29) is 5.91 Å². The molecule has 0 aliphatic rings. The van der Waals surface area contributed by atoms with Gasteiger partial charge in [-0.25, -0.2) is 4.68 Å². The topological polar surface area (TPSA) is 104 Å². The molecule has 4 rings (SSSR count). The van der Waals surface area contributed by atoms with E-state index in [4.69, 9.17) is 9.47 Å². The summed E-state index contributed by atoms with van der Waals surface area (Å²) in [5.74, 6) is 1.42. The van der Waals surface area contributed by atoms with Gasteiger partial charge in [0.1, 0.15) is 11.5 Å². The Kier molecular flexibility index (Phi) is 5.40. The third kappa shape index (κ3) is 3.85. The summed E-state index contributed by atoms with van der Waals surface area (Å²) in [5, 5.41) is 11.5. The first kappa shape index (κ1) is 19.5. The van der Waals surface area contributed by atoms with Crippen molar-refractivity contribution in [3.63, 3.8) is 0 Å². The fourth-order valence-corrected chi connectivity index (χ4v) is 3.39. The molecule has 2 aromatic carbocycles. The number of carbonyl (C=O) groups excluding carboxylic acids is 1. The van der Waals surface area contributed by atoms with Crippen LogP contribution in [-0.4, -0.2) is 44.5 Å². The van der Waals surface area contributed by atoms with Gasteiger partial charge >= 0.3 is 0 Å². The van der Waals surface area contributed by atoms with Gasteiger partial charge in [-0.1, -0.05) is 17.3 Å². The van der Waals surface area contributed by atoms with E-state index >= 15 is 0 Å². The molecule has 1 N–H and O–H groups in total. The number of aromatic nitrogens is 5. The van der Waals surface area contributed by atoms with Gasteiger partial charge in [0.05, 0.1) is 25.6 Å². The van der Waals surface area contributed by atoms with Crippen LogP contribution in [0.2, 0.25) is 0 Å². The number of rotatable bonds is 6. The van der Waals surface area contributed by atoms with Crippen LogP contribution in [0.1, 0.15) is 16.1 Å². The normalized spacial score (nSPS) is 10.6. The first-order valence-electron chi connectivity index (χ1n) is 8.95. The highest BCUT2D eigenvalue weighted by atomic mass is 32.1. The van der Waals surface area contributed by atoms with Crippen molar-refractivity contribution in [1.82, 2.24) is 24.4 Å². The van der Waals surface area contributed by atoms with E-state index in [1.807, 2.05) is 31.2 Å². The third-order valence-electron chi connectivity index (χ3n) is 4.38. The summed E-state index contributed by atoms with van der Waals surface area (Å²) in [6, 6.07) is 14.4. The molecule has 0 spiro atoms. The number of amides is 1. The Balaban J connectivity index is 1.55. The molecule has 152 valence electrons. The predicted octanol–water partition coefficient (Wildman–Crippen LogP) is 3.36. The number of hydrogen-bond acceptors (Lipinski definition) is 8. The van der Waals surface area contributed by atoms with Gasteiger partial charge in [0.2, 0.25) is 5.13 Å². The van der Waals surface area contributed by atoms with E-state index in [0.717, 1.165) is 28.7 Å². The van der Waals surface area contributed by atoms with E-state index in [2.05, 4.69) is 25.0 Å². The van der Waals surface area contributed by atoms with Crippen molar-refractivity contribution in [2.75, 3.05) is 19.5 Å². The summed E-state index contributed by atoms with van der Waals surface area (Å²) in [7, 11) is 3.16. The second-order valence-corrected chi connectivity index (χ2v) is 7.00. The Morgan fingerprint density at radius 2 is 1.80 bits per heavy atom. The lowest BCUT2D eigenvalue weighted by molar-refractivity contribution is 0.102. The van der Waals surface area contributed by atoms with E-state index in [0.29, 0.717) is 28.0 Å². The quantitative estimate of drug-likeness (QED) is 0.508. The van der Waals surface area contributed by atoms with Crippen LogP contribution in [0.4, 0.5) is 5.13 Å². The van der Waals surface area contributed by atoms with E-state index < -0.39 is 0 Å². The summed E-state index contributed by atoms with van der Waals surface area (Å²) in [5.41, 5.74) is 2.58. The highest BCUT2D eigenvalue weighted by molar-refractivity contribution is 7.10. The number of nitrogens with zero attached hydrogens (tertiary/aromatic N) is 5. The minimum Gasteiger partial charge on any atom is -0.497 e. The minimum absolute atomic E-state index is 0.298. The van der Waals surface area contributed by atoms with Crippen molar-refractivity contribution >= 4 is 22.6 Å². The van der Waals surface area contributed by atoms with Crippen LogP contribution in [0.25, 0.3) is 17.2 Å². The van der Waals surface area contributed by atoms with Crippen LogP contribution in [0.3, 0.4) is 0 Å². The molecule has 10 heteroatoms. The third-order valence-corrected chi connectivity index (χ3v) is 5.01. The van der Waals surface area contributed by atoms with Crippen molar-refractivity contribution in [3.05, 3.63) is 59.8 Å². The van der Waals surface area contributed by atoms with Gasteiger partial charge in [0, 0.05) is 23.2 Å².